The number of aromatic amines is 1. The van der Waals surface area contributed by atoms with Gasteiger partial charge in [0.15, 0.2) is 0 Å². The zero-order valence-corrected chi connectivity index (χ0v) is 6.45. The molecule has 0 aromatic carbocycles. The molecule has 5 N–H and O–H groups in total. The van der Waals surface area contributed by atoms with Crippen molar-refractivity contribution in [3.8, 4) is 0 Å². The van der Waals surface area contributed by atoms with E-state index in [4.69, 9.17) is 10.8 Å². The molecular weight excluding hydrogens is 158 g/mol. The molecule has 0 amide bonds. The Morgan fingerprint density at radius 2 is 2.58 bits per heavy atom. The van der Waals surface area contributed by atoms with Crippen LogP contribution in [-0.4, -0.2) is 28.6 Å². The molecule has 0 bridgehead atoms. The number of hydrogen-bond donors (Lipinski definition) is 4. The van der Waals surface area contributed by atoms with Crippen LogP contribution < -0.4 is 11.1 Å². The minimum absolute atomic E-state index is 0.218. The molecule has 1 heterocycles. The Labute approximate surface area is 69.6 Å². The van der Waals surface area contributed by atoms with Gasteiger partial charge in [-0.1, -0.05) is 0 Å². The predicted molar refractivity (Wildman–Crippen MR) is 44.9 cm³/mol. The van der Waals surface area contributed by atoms with Crippen molar-refractivity contribution in [1.82, 2.24) is 4.98 Å². The van der Waals surface area contributed by atoms with Crippen molar-refractivity contribution in [2.24, 2.45) is 5.73 Å². The third-order valence-electron chi connectivity index (χ3n) is 1.43. The van der Waals surface area contributed by atoms with E-state index in [2.05, 4.69) is 10.3 Å². The van der Waals surface area contributed by atoms with E-state index in [1.165, 1.54) is 0 Å². The number of aromatic nitrogens is 1. The summed E-state index contributed by atoms with van der Waals surface area (Å²) >= 11 is 0. The number of carboxylic acids is 1. The van der Waals surface area contributed by atoms with E-state index in [0.717, 1.165) is 5.82 Å². The van der Waals surface area contributed by atoms with Crippen LogP contribution in [0.4, 0.5) is 5.82 Å². The number of carboxylic acid groups (broad SMARTS) is 1. The Hall–Kier alpha value is -1.49. The summed E-state index contributed by atoms with van der Waals surface area (Å²) in [4.78, 5) is 13.2. The second-order valence-corrected chi connectivity index (χ2v) is 2.41. The number of H-pyrrole nitrogens is 1. The molecule has 5 nitrogen and oxygen atoms in total. The summed E-state index contributed by atoms with van der Waals surface area (Å²) in [5.74, 6) is -0.235. The molecule has 5 heteroatoms. The van der Waals surface area contributed by atoms with Gasteiger partial charge in [0.25, 0.3) is 0 Å². The molecule has 0 aliphatic heterocycles. The second kappa shape index (κ2) is 3.77. The lowest BCUT2D eigenvalue weighted by molar-refractivity contribution is -0.138. The Bertz CT molecular complexity index is 245. The molecule has 0 spiro atoms. The van der Waals surface area contributed by atoms with Crippen LogP contribution in [0.15, 0.2) is 18.3 Å². The first-order chi connectivity index (χ1) is 5.70. The minimum Gasteiger partial charge on any atom is -0.480 e. The maximum Gasteiger partial charge on any atom is 0.322 e. The standard InChI is InChI=1S/C7H11N3O2/c8-5(7(11)12)4-10-6-2-1-3-9-6/h1-3,5,9-10H,4,8H2,(H,11,12). The summed E-state index contributed by atoms with van der Waals surface area (Å²) in [6, 6.07) is 2.75. The van der Waals surface area contributed by atoms with Crippen LogP contribution in [0.25, 0.3) is 0 Å². The van der Waals surface area contributed by atoms with E-state index < -0.39 is 12.0 Å². The van der Waals surface area contributed by atoms with Crippen LogP contribution >= 0.6 is 0 Å². The maximum atomic E-state index is 10.3. The van der Waals surface area contributed by atoms with Crippen LogP contribution in [0.5, 0.6) is 0 Å². The number of aliphatic carboxylic acids is 1. The van der Waals surface area contributed by atoms with Crippen molar-refractivity contribution in [1.29, 1.82) is 0 Å². The Morgan fingerprint density at radius 3 is 3.08 bits per heavy atom. The molecule has 1 unspecified atom stereocenters. The summed E-state index contributed by atoms with van der Waals surface area (Å²) in [5, 5.41) is 11.3. The molecule has 1 aromatic rings. The molecule has 0 aliphatic rings. The summed E-state index contributed by atoms with van der Waals surface area (Å²) in [7, 11) is 0. The van der Waals surface area contributed by atoms with E-state index in [0.29, 0.717) is 0 Å². The normalized spacial score (nSPS) is 12.4. The number of rotatable bonds is 4. The highest BCUT2D eigenvalue weighted by molar-refractivity contribution is 5.73. The average molecular weight is 169 g/mol. The van der Waals surface area contributed by atoms with Crippen molar-refractivity contribution in [2.45, 2.75) is 6.04 Å². The van der Waals surface area contributed by atoms with Gasteiger partial charge >= 0.3 is 5.97 Å². The van der Waals surface area contributed by atoms with Gasteiger partial charge in [-0.2, -0.15) is 0 Å². The number of nitrogens with one attached hydrogen (secondary N) is 2. The molecule has 0 fully saturated rings. The van der Waals surface area contributed by atoms with Gasteiger partial charge in [0.1, 0.15) is 11.9 Å². The predicted octanol–water partition coefficient (Wildman–Crippen LogP) is -0.162. The number of hydrogen-bond acceptors (Lipinski definition) is 3. The van der Waals surface area contributed by atoms with Gasteiger partial charge in [-0.15, -0.1) is 0 Å². The van der Waals surface area contributed by atoms with Gasteiger partial charge < -0.3 is 21.1 Å². The van der Waals surface area contributed by atoms with Gasteiger partial charge in [-0.3, -0.25) is 4.79 Å². The van der Waals surface area contributed by atoms with Gasteiger partial charge in [0.2, 0.25) is 0 Å². The van der Waals surface area contributed by atoms with Crippen molar-refractivity contribution >= 4 is 11.8 Å². The molecule has 1 rings (SSSR count). The smallest absolute Gasteiger partial charge is 0.322 e. The minimum atomic E-state index is -1.01. The van der Waals surface area contributed by atoms with Gasteiger partial charge in [-0.25, -0.2) is 0 Å². The SMILES string of the molecule is NC(CNc1ccc[nH]1)C(=O)O. The van der Waals surface area contributed by atoms with Gasteiger partial charge in [0.05, 0.1) is 0 Å². The largest absolute Gasteiger partial charge is 0.480 e. The molecule has 1 aromatic heterocycles. The third kappa shape index (κ3) is 2.28. The summed E-state index contributed by atoms with van der Waals surface area (Å²) in [6.07, 6.45) is 1.74. The molecular formula is C7H11N3O2. The molecule has 1 atom stereocenters. The lowest BCUT2D eigenvalue weighted by atomic mass is 10.3. The Balaban J connectivity index is 2.31. The molecule has 0 saturated heterocycles. The first-order valence-electron chi connectivity index (χ1n) is 3.56. The lowest BCUT2D eigenvalue weighted by Gasteiger charge is -2.07. The monoisotopic (exact) mass is 169 g/mol. The van der Waals surface area contributed by atoms with Crippen LogP contribution in [0.3, 0.4) is 0 Å². The highest BCUT2D eigenvalue weighted by Crippen LogP contribution is 1.99. The van der Waals surface area contributed by atoms with Crippen molar-refractivity contribution in [3.63, 3.8) is 0 Å². The van der Waals surface area contributed by atoms with Crippen molar-refractivity contribution in [3.05, 3.63) is 18.3 Å². The molecule has 12 heavy (non-hydrogen) atoms. The first kappa shape index (κ1) is 8.61. The van der Waals surface area contributed by atoms with E-state index in [1.54, 1.807) is 12.3 Å². The van der Waals surface area contributed by atoms with E-state index in [1.807, 2.05) is 6.07 Å². The maximum absolute atomic E-state index is 10.3. The molecule has 0 aliphatic carbocycles. The average Bonchev–Trinajstić information content (AvgIpc) is 2.51. The van der Waals surface area contributed by atoms with E-state index in [9.17, 15) is 4.79 Å². The molecule has 0 saturated carbocycles. The fourth-order valence-electron chi connectivity index (χ4n) is 0.748. The Morgan fingerprint density at radius 1 is 1.83 bits per heavy atom. The molecule has 0 radical (unpaired) electrons. The lowest BCUT2D eigenvalue weighted by Crippen LogP contribution is -2.36. The van der Waals surface area contributed by atoms with Gasteiger partial charge in [0, 0.05) is 12.7 Å². The second-order valence-electron chi connectivity index (χ2n) is 2.41. The summed E-state index contributed by atoms with van der Waals surface area (Å²) in [5.41, 5.74) is 5.26. The summed E-state index contributed by atoms with van der Waals surface area (Å²) < 4.78 is 0. The van der Waals surface area contributed by atoms with Crippen molar-refractivity contribution in [2.75, 3.05) is 11.9 Å². The van der Waals surface area contributed by atoms with Gasteiger partial charge in [-0.05, 0) is 12.1 Å². The quantitative estimate of drug-likeness (QED) is 0.504. The summed E-state index contributed by atoms with van der Waals surface area (Å²) in [6.45, 7) is 0.218. The first-order valence-corrected chi connectivity index (χ1v) is 3.56. The Kier molecular flexibility index (Phi) is 2.71. The van der Waals surface area contributed by atoms with Crippen LogP contribution in [0.1, 0.15) is 0 Å². The number of nitrogens with two attached hydrogens (primary N) is 1. The van der Waals surface area contributed by atoms with Crippen LogP contribution in [0.2, 0.25) is 0 Å². The zero-order chi connectivity index (χ0) is 8.97. The van der Waals surface area contributed by atoms with Crippen LogP contribution in [-0.2, 0) is 4.79 Å². The third-order valence-corrected chi connectivity index (χ3v) is 1.43. The fraction of sp³-hybridized carbons (Fsp3) is 0.286. The van der Waals surface area contributed by atoms with E-state index in [-0.39, 0.29) is 6.54 Å². The highest BCUT2D eigenvalue weighted by atomic mass is 16.4. The topological polar surface area (TPSA) is 91.1 Å². The van der Waals surface area contributed by atoms with Crippen molar-refractivity contribution < 1.29 is 9.90 Å². The fourth-order valence-corrected chi connectivity index (χ4v) is 0.748. The highest BCUT2D eigenvalue weighted by Gasteiger charge is 2.09. The molecule has 66 valence electrons. The van der Waals surface area contributed by atoms with Crippen LogP contribution in [0, 0.1) is 0 Å². The number of anilines is 1. The number of carbonyl (C=O) groups is 1. The zero-order valence-electron chi connectivity index (χ0n) is 6.45. The van der Waals surface area contributed by atoms with E-state index >= 15 is 0 Å².